The summed E-state index contributed by atoms with van der Waals surface area (Å²) in [5, 5.41) is 5.98. The molecule has 1 aromatic heterocycles. The summed E-state index contributed by atoms with van der Waals surface area (Å²) in [5.74, 6) is -0.0700. The highest BCUT2D eigenvalue weighted by Gasteiger charge is 2.11. The van der Waals surface area contributed by atoms with Gasteiger partial charge in [-0.15, -0.1) is 11.3 Å². The first-order chi connectivity index (χ1) is 11.1. The van der Waals surface area contributed by atoms with Crippen molar-refractivity contribution in [2.75, 3.05) is 5.32 Å². The van der Waals surface area contributed by atoms with Crippen LogP contribution < -0.4 is 5.32 Å². The summed E-state index contributed by atoms with van der Waals surface area (Å²) < 4.78 is 0. The number of thiazole rings is 1. The number of hydrogen-bond donors (Lipinski definition) is 1. The summed E-state index contributed by atoms with van der Waals surface area (Å²) in [6, 6.07) is 15.4. The van der Waals surface area contributed by atoms with Gasteiger partial charge in [0.05, 0.1) is 12.1 Å². The van der Waals surface area contributed by atoms with Gasteiger partial charge in [-0.05, 0) is 24.1 Å². The molecule has 1 amide bonds. The van der Waals surface area contributed by atoms with E-state index in [2.05, 4.69) is 10.3 Å². The summed E-state index contributed by atoms with van der Waals surface area (Å²) in [5.41, 5.74) is 3.77. The molecule has 0 unspecified atom stereocenters. The summed E-state index contributed by atoms with van der Waals surface area (Å²) in [4.78, 5) is 16.6. The number of aryl methyl sites for hydroxylation is 1. The number of rotatable bonds is 4. The fourth-order valence-corrected chi connectivity index (χ4v) is 3.23. The van der Waals surface area contributed by atoms with Crippen molar-refractivity contribution in [3.8, 4) is 11.3 Å². The van der Waals surface area contributed by atoms with Crippen LogP contribution in [0.3, 0.4) is 0 Å². The first kappa shape index (κ1) is 15.7. The van der Waals surface area contributed by atoms with Crippen molar-refractivity contribution in [1.82, 2.24) is 4.98 Å². The van der Waals surface area contributed by atoms with Gasteiger partial charge in [-0.25, -0.2) is 4.98 Å². The van der Waals surface area contributed by atoms with Crippen molar-refractivity contribution in [2.45, 2.75) is 13.3 Å². The average Bonchev–Trinajstić information content (AvgIpc) is 2.98. The van der Waals surface area contributed by atoms with Crippen LogP contribution in [0.2, 0.25) is 5.02 Å². The van der Waals surface area contributed by atoms with Crippen LogP contribution in [0.25, 0.3) is 11.3 Å². The third kappa shape index (κ3) is 3.78. The van der Waals surface area contributed by atoms with Gasteiger partial charge in [0, 0.05) is 16.0 Å². The highest BCUT2D eigenvalue weighted by molar-refractivity contribution is 7.14. The Balaban J connectivity index is 1.71. The van der Waals surface area contributed by atoms with Gasteiger partial charge in [0.1, 0.15) is 0 Å². The number of aromatic nitrogens is 1. The Morgan fingerprint density at radius 2 is 1.91 bits per heavy atom. The van der Waals surface area contributed by atoms with Crippen LogP contribution in [-0.4, -0.2) is 10.9 Å². The number of halogens is 1. The zero-order valence-corrected chi connectivity index (χ0v) is 14.1. The molecular formula is C18H15ClN2OS. The van der Waals surface area contributed by atoms with E-state index >= 15 is 0 Å². The van der Waals surface area contributed by atoms with Crippen molar-refractivity contribution in [3.05, 3.63) is 70.1 Å². The molecule has 1 N–H and O–H groups in total. The number of benzene rings is 2. The van der Waals surface area contributed by atoms with E-state index in [0.717, 1.165) is 22.4 Å². The van der Waals surface area contributed by atoms with Crippen LogP contribution >= 0.6 is 22.9 Å². The third-order valence-corrected chi connectivity index (χ3v) is 4.60. The molecule has 0 radical (unpaired) electrons. The second kappa shape index (κ2) is 6.94. The Morgan fingerprint density at radius 1 is 1.17 bits per heavy atom. The second-order valence-corrected chi connectivity index (χ2v) is 6.43. The van der Waals surface area contributed by atoms with Gasteiger partial charge >= 0.3 is 0 Å². The zero-order chi connectivity index (χ0) is 16.2. The van der Waals surface area contributed by atoms with Gasteiger partial charge in [0.2, 0.25) is 5.91 Å². The summed E-state index contributed by atoms with van der Waals surface area (Å²) in [6.07, 6.45) is 0.341. The number of carbonyl (C=O) groups is 1. The standard InChI is InChI=1S/C18H15ClN2OS/c1-12-6-2-3-7-13(12)10-17(22)21-18-20-16(11-23-18)14-8-4-5-9-15(14)19/h2-9,11H,10H2,1H3,(H,20,21,22). The van der Waals surface area contributed by atoms with E-state index < -0.39 is 0 Å². The highest BCUT2D eigenvalue weighted by Crippen LogP contribution is 2.30. The third-order valence-electron chi connectivity index (χ3n) is 3.51. The van der Waals surface area contributed by atoms with Crippen LogP contribution in [0.5, 0.6) is 0 Å². The minimum atomic E-state index is -0.0700. The molecule has 3 aromatic rings. The number of hydrogen-bond acceptors (Lipinski definition) is 3. The molecule has 0 saturated carbocycles. The van der Waals surface area contributed by atoms with Gasteiger partial charge in [-0.3, -0.25) is 4.79 Å². The molecule has 0 spiro atoms. The van der Waals surface area contributed by atoms with E-state index in [1.807, 2.05) is 60.8 Å². The van der Waals surface area contributed by atoms with Crippen molar-refractivity contribution in [3.63, 3.8) is 0 Å². The molecule has 0 aliphatic carbocycles. The lowest BCUT2D eigenvalue weighted by atomic mass is 10.1. The minimum absolute atomic E-state index is 0.0700. The number of amides is 1. The predicted molar refractivity (Wildman–Crippen MR) is 96.1 cm³/mol. The normalized spacial score (nSPS) is 10.5. The maximum atomic E-state index is 12.2. The fraction of sp³-hybridized carbons (Fsp3) is 0.111. The summed E-state index contributed by atoms with van der Waals surface area (Å²) >= 11 is 7.57. The number of anilines is 1. The van der Waals surface area contributed by atoms with E-state index in [9.17, 15) is 4.79 Å². The largest absolute Gasteiger partial charge is 0.302 e. The Labute approximate surface area is 144 Å². The molecule has 3 rings (SSSR count). The lowest BCUT2D eigenvalue weighted by Crippen LogP contribution is -2.14. The van der Waals surface area contributed by atoms with E-state index in [1.54, 1.807) is 0 Å². The van der Waals surface area contributed by atoms with E-state index in [0.29, 0.717) is 16.6 Å². The molecule has 0 aliphatic heterocycles. The minimum Gasteiger partial charge on any atom is -0.302 e. The Hall–Kier alpha value is -2.17. The zero-order valence-electron chi connectivity index (χ0n) is 12.5. The molecule has 5 heteroatoms. The smallest absolute Gasteiger partial charge is 0.230 e. The van der Waals surface area contributed by atoms with Crippen molar-refractivity contribution < 1.29 is 4.79 Å². The average molecular weight is 343 g/mol. The predicted octanol–water partition coefficient (Wildman–Crippen LogP) is 4.95. The van der Waals surface area contributed by atoms with Crippen LogP contribution in [0.15, 0.2) is 53.9 Å². The lowest BCUT2D eigenvalue weighted by molar-refractivity contribution is -0.115. The maximum absolute atomic E-state index is 12.2. The quantitative estimate of drug-likeness (QED) is 0.728. The monoisotopic (exact) mass is 342 g/mol. The van der Waals surface area contributed by atoms with Gasteiger partial charge < -0.3 is 5.32 Å². The molecule has 0 saturated heterocycles. The Bertz CT molecular complexity index is 844. The molecule has 23 heavy (non-hydrogen) atoms. The SMILES string of the molecule is Cc1ccccc1CC(=O)Nc1nc(-c2ccccc2Cl)cs1. The topological polar surface area (TPSA) is 42.0 Å². The van der Waals surface area contributed by atoms with Crippen molar-refractivity contribution >= 4 is 34.0 Å². The second-order valence-electron chi connectivity index (χ2n) is 5.17. The molecule has 1 heterocycles. The summed E-state index contributed by atoms with van der Waals surface area (Å²) in [6.45, 7) is 2.00. The van der Waals surface area contributed by atoms with Crippen molar-refractivity contribution in [2.24, 2.45) is 0 Å². The van der Waals surface area contributed by atoms with Gasteiger partial charge in [0.15, 0.2) is 5.13 Å². The van der Waals surface area contributed by atoms with E-state index in [4.69, 9.17) is 11.6 Å². The Morgan fingerprint density at radius 3 is 2.70 bits per heavy atom. The molecule has 116 valence electrons. The number of carbonyl (C=O) groups excluding carboxylic acids is 1. The number of nitrogens with zero attached hydrogens (tertiary/aromatic N) is 1. The van der Waals surface area contributed by atoms with Crippen molar-refractivity contribution in [1.29, 1.82) is 0 Å². The van der Waals surface area contributed by atoms with Crippen LogP contribution in [-0.2, 0) is 11.2 Å². The maximum Gasteiger partial charge on any atom is 0.230 e. The molecule has 0 aliphatic rings. The molecule has 0 fully saturated rings. The fourth-order valence-electron chi connectivity index (χ4n) is 2.27. The number of nitrogens with one attached hydrogen (secondary N) is 1. The molecule has 2 aromatic carbocycles. The molecular weight excluding hydrogens is 328 g/mol. The van der Waals surface area contributed by atoms with E-state index in [1.165, 1.54) is 11.3 Å². The van der Waals surface area contributed by atoms with Crippen LogP contribution in [0.4, 0.5) is 5.13 Å². The summed E-state index contributed by atoms with van der Waals surface area (Å²) in [7, 11) is 0. The lowest BCUT2D eigenvalue weighted by Gasteiger charge is -2.05. The molecule has 0 atom stereocenters. The van der Waals surface area contributed by atoms with Gasteiger partial charge in [-0.2, -0.15) is 0 Å². The first-order valence-corrected chi connectivity index (χ1v) is 8.44. The van der Waals surface area contributed by atoms with Crippen LogP contribution in [0.1, 0.15) is 11.1 Å². The molecule has 0 bridgehead atoms. The highest BCUT2D eigenvalue weighted by atomic mass is 35.5. The first-order valence-electron chi connectivity index (χ1n) is 7.18. The Kier molecular flexibility index (Phi) is 4.74. The molecule has 3 nitrogen and oxygen atoms in total. The van der Waals surface area contributed by atoms with Gasteiger partial charge in [0.25, 0.3) is 0 Å². The van der Waals surface area contributed by atoms with Crippen LogP contribution in [0, 0.1) is 6.92 Å². The van der Waals surface area contributed by atoms with E-state index in [-0.39, 0.29) is 5.91 Å². The van der Waals surface area contributed by atoms with Gasteiger partial charge in [-0.1, -0.05) is 54.1 Å².